The van der Waals surface area contributed by atoms with Crippen molar-refractivity contribution >= 4 is 17.3 Å². The SMILES string of the molecule is Oc1cccc(NC(c2ccc(Cl)cc2)C2CC2)c1. The fourth-order valence-corrected chi connectivity index (χ4v) is 2.47. The fourth-order valence-electron chi connectivity index (χ4n) is 2.35. The Hall–Kier alpha value is -1.67. The third-order valence-electron chi connectivity index (χ3n) is 3.49. The molecule has 1 saturated carbocycles. The van der Waals surface area contributed by atoms with Crippen LogP contribution in [0, 0.1) is 5.92 Å². The van der Waals surface area contributed by atoms with Crippen LogP contribution in [-0.4, -0.2) is 5.11 Å². The fraction of sp³-hybridized carbons (Fsp3) is 0.250. The Bertz CT molecular complexity index is 563. The van der Waals surface area contributed by atoms with Crippen LogP contribution in [0.3, 0.4) is 0 Å². The maximum atomic E-state index is 9.53. The molecule has 0 spiro atoms. The van der Waals surface area contributed by atoms with Crippen molar-refractivity contribution in [2.45, 2.75) is 18.9 Å². The molecule has 1 atom stereocenters. The lowest BCUT2D eigenvalue weighted by molar-refractivity contribution is 0.475. The summed E-state index contributed by atoms with van der Waals surface area (Å²) < 4.78 is 0. The van der Waals surface area contributed by atoms with Crippen LogP contribution in [0.15, 0.2) is 48.5 Å². The Morgan fingerprint density at radius 3 is 2.47 bits per heavy atom. The van der Waals surface area contributed by atoms with Crippen LogP contribution >= 0.6 is 11.6 Å². The predicted molar refractivity (Wildman–Crippen MR) is 78.6 cm³/mol. The minimum atomic E-state index is 0.288. The van der Waals surface area contributed by atoms with Crippen molar-refractivity contribution in [3.05, 3.63) is 59.1 Å². The highest BCUT2D eigenvalue weighted by atomic mass is 35.5. The van der Waals surface area contributed by atoms with Crippen LogP contribution in [0.25, 0.3) is 0 Å². The normalized spacial score (nSPS) is 16.1. The van der Waals surface area contributed by atoms with Crippen molar-refractivity contribution < 1.29 is 5.11 Å². The number of phenols is 1. The maximum Gasteiger partial charge on any atom is 0.117 e. The van der Waals surface area contributed by atoms with Crippen molar-refractivity contribution in [3.63, 3.8) is 0 Å². The van der Waals surface area contributed by atoms with Gasteiger partial charge in [0.1, 0.15) is 5.75 Å². The third-order valence-corrected chi connectivity index (χ3v) is 3.74. The molecule has 2 N–H and O–H groups in total. The third kappa shape index (κ3) is 3.02. The predicted octanol–water partition coefficient (Wildman–Crippen LogP) is 4.61. The van der Waals surface area contributed by atoms with Gasteiger partial charge in [0.15, 0.2) is 0 Å². The van der Waals surface area contributed by atoms with E-state index in [1.807, 2.05) is 24.3 Å². The van der Waals surface area contributed by atoms with Gasteiger partial charge in [0.2, 0.25) is 0 Å². The number of benzene rings is 2. The first-order valence-electron chi connectivity index (χ1n) is 6.53. The highest BCUT2D eigenvalue weighted by Gasteiger charge is 2.32. The first kappa shape index (κ1) is 12.4. The average molecular weight is 274 g/mol. The number of anilines is 1. The Morgan fingerprint density at radius 1 is 1.11 bits per heavy atom. The lowest BCUT2D eigenvalue weighted by Crippen LogP contribution is -2.12. The summed E-state index contributed by atoms with van der Waals surface area (Å²) in [7, 11) is 0. The highest BCUT2D eigenvalue weighted by Crippen LogP contribution is 2.43. The molecule has 2 nitrogen and oxygen atoms in total. The zero-order chi connectivity index (χ0) is 13.2. The molecule has 19 heavy (non-hydrogen) atoms. The summed E-state index contributed by atoms with van der Waals surface area (Å²) in [5, 5.41) is 13.8. The summed E-state index contributed by atoms with van der Waals surface area (Å²) >= 11 is 5.94. The molecule has 1 aliphatic rings. The van der Waals surface area contributed by atoms with E-state index in [2.05, 4.69) is 17.4 Å². The van der Waals surface area contributed by atoms with E-state index >= 15 is 0 Å². The Balaban J connectivity index is 1.83. The van der Waals surface area contributed by atoms with E-state index in [1.54, 1.807) is 12.1 Å². The van der Waals surface area contributed by atoms with Gasteiger partial charge in [-0.05, 0) is 48.6 Å². The van der Waals surface area contributed by atoms with Crippen LogP contribution in [0.1, 0.15) is 24.4 Å². The first-order chi connectivity index (χ1) is 9.22. The van der Waals surface area contributed by atoms with Crippen LogP contribution in [0.2, 0.25) is 5.02 Å². The summed E-state index contributed by atoms with van der Waals surface area (Å²) in [5.41, 5.74) is 2.20. The van der Waals surface area contributed by atoms with E-state index in [0.717, 1.165) is 10.7 Å². The summed E-state index contributed by atoms with van der Waals surface area (Å²) in [5.74, 6) is 0.958. The van der Waals surface area contributed by atoms with Gasteiger partial charge < -0.3 is 10.4 Å². The molecule has 3 heteroatoms. The standard InChI is InChI=1S/C16H16ClNO/c17-13-8-6-12(7-9-13)16(11-4-5-11)18-14-2-1-3-15(19)10-14/h1-3,6-11,16,18-19H,4-5H2. The van der Waals surface area contributed by atoms with Gasteiger partial charge in [-0.2, -0.15) is 0 Å². The van der Waals surface area contributed by atoms with Gasteiger partial charge in [-0.3, -0.25) is 0 Å². The highest BCUT2D eigenvalue weighted by molar-refractivity contribution is 6.30. The maximum absolute atomic E-state index is 9.53. The first-order valence-corrected chi connectivity index (χ1v) is 6.91. The molecule has 0 bridgehead atoms. The molecule has 0 amide bonds. The molecule has 0 saturated heterocycles. The molecular formula is C16H16ClNO. The van der Waals surface area contributed by atoms with Crippen molar-refractivity contribution in [1.82, 2.24) is 0 Å². The van der Waals surface area contributed by atoms with Crippen molar-refractivity contribution in [2.24, 2.45) is 5.92 Å². The van der Waals surface area contributed by atoms with E-state index < -0.39 is 0 Å². The zero-order valence-electron chi connectivity index (χ0n) is 10.5. The van der Waals surface area contributed by atoms with Crippen LogP contribution in [0.4, 0.5) is 5.69 Å². The molecule has 1 fully saturated rings. The molecule has 0 aromatic heterocycles. The number of hydrogen-bond acceptors (Lipinski definition) is 2. The quantitative estimate of drug-likeness (QED) is 0.853. The minimum Gasteiger partial charge on any atom is -0.508 e. The molecule has 0 radical (unpaired) electrons. The van der Waals surface area contributed by atoms with Crippen LogP contribution < -0.4 is 5.32 Å². The van der Waals surface area contributed by atoms with Gasteiger partial charge in [-0.25, -0.2) is 0 Å². The largest absolute Gasteiger partial charge is 0.508 e. The van der Waals surface area contributed by atoms with E-state index in [9.17, 15) is 5.11 Å². The summed E-state index contributed by atoms with van der Waals surface area (Å²) in [6.45, 7) is 0. The molecule has 2 aromatic carbocycles. The zero-order valence-corrected chi connectivity index (χ0v) is 11.3. The number of aromatic hydroxyl groups is 1. The van der Waals surface area contributed by atoms with E-state index in [-0.39, 0.29) is 5.75 Å². The summed E-state index contributed by atoms with van der Waals surface area (Å²) in [6.07, 6.45) is 2.50. The second-order valence-electron chi connectivity index (χ2n) is 5.06. The summed E-state index contributed by atoms with van der Waals surface area (Å²) in [4.78, 5) is 0. The van der Waals surface area contributed by atoms with Gasteiger partial charge in [0, 0.05) is 16.8 Å². The van der Waals surface area contributed by atoms with Gasteiger partial charge in [-0.15, -0.1) is 0 Å². The topological polar surface area (TPSA) is 32.3 Å². The molecule has 2 aromatic rings. The number of nitrogens with one attached hydrogen (secondary N) is 1. The van der Waals surface area contributed by atoms with E-state index in [0.29, 0.717) is 12.0 Å². The minimum absolute atomic E-state index is 0.288. The number of hydrogen-bond donors (Lipinski definition) is 2. The second kappa shape index (κ2) is 5.14. The van der Waals surface area contributed by atoms with Crippen molar-refractivity contribution in [3.8, 4) is 5.75 Å². The molecule has 0 aliphatic heterocycles. The number of phenolic OH excluding ortho intramolecular Hbond substituents is 1. The van der Waals surface area contributed by atoms with Crippen LogP contribution in [-0.2, 0) is 0 Å². The van der Waals surface area contributed by atoms with Gasteiger partial charge in [0.05, 0.1) is 6.04 Å². The van der Waals surface area contributed by atoms with Crippen molar-refractivity contribution in [2.75, 3.05) is 5.32 Å². The lowest BCUT2D eigenvalue weighted by atomic mass is 10.0. The molecule has 3 rings (SSSR count). The summed E-state index contributed by atoms with van der Waals surface area (Å²) in [6, 6.07) is 15.5. The van der Waals surface area contributed by atoms with Crippen LogP contribution in [0.5, 0.6) is 5.75 Å². The second-order valence-corrected chi connectivity index (χ2v) is 5.50. The lowest BCUT2D eigenvalue weighted by Gasteiger charge is -2.20. The van der Waals surface area contributed by atoms with Gasteiger partial charge in [-0.1, -0.05) is 29.8 Å². The molecular weight excluding hydrogens is 258 g/mol. The molecule has 0 heterocycles. The molecule has 1 unspecified atom stereocenters. The Labute approximate surface area is 118 Å². The van der Waals surface area contributed by atoms with E-state index in [4.69, 9.17) is 11.6 Å². The van der Waals surface area contributed by atoms with E-state index in [1.165, 1.54) is 18.4 Å². The average Bonchev–Trinajstić information content (AvgIpc) is 3.22. The molecule has 98 valence electrons. The van der Waals surface area contributed by atoms with Gasteiger partial charge >= 0.3 is 0 Å². The number of rotatable bonds is 4. The Kier molecular flexibility index (Phi) is 3.34. The number of halogens is 1. The van der Waals surface area contributed by atoms with Crippen molar-refractivity contribution in [1.29, 1.82) is 0 Å². The molecule has 1 aliphatic carbocycles. The van der Waals surface area contributed by atoms with Gasteiger partial charge in [0.25, 0.3) is 0 Å². The monoisotopic (exact) mass is 273 g/mol. The smallest absolute Gasteiger partial charge is 0.117 e. The Morgan fingerprint density at radius 2 is 1.84 bits per heavy atom.